The summed E-state index contributed by atoms with van der Waals surface area (Å²) in [6.07, 6.45) is 10.1. The van der Waals surface area contributed by atoms with E-state index in [2.05, 4.69) is 111 Å². The van der Waals surface area contributed by atoms with E-state index in [0.29, 0.717) is 16.6 Å². The van der Waals surface area contributed by atoms with Crippen LogP contribution in [0.15, 0.2) is 54.3 Å². The van der Waals surface area contributed by atoms with E-state index in [1.165, 1.54) is 16.5 Å². The first-order valence-electron chi connectivity index (χ1n) is 16.4. The molecule has 249 valence electrons. The first-order chi connectivity index (χ1) is 20.0. The Bertz CT molecular complexity index is 1440. The third-order valence-electron chi connectivity index (χ3n) is 9.77. The van der Waals surface area contributed by atoms with Crippen LogP contribution in [0.2, 0.25) is 0 Å². The second-order valence-corrected chi connectivity index (χ2v) is 16.0. The molecule has 0 aliphatic heterocycles. The molecular weight excluding hydrogens is 731 g/mol. The summed E-state index contributed by atoms with van der Waals surface area (Å²) >= 11 is 0. The number of ketones is 1. The molecule has 3 aromatic rings. The van der Waals surface area contributed by atoms with Gasteiger partial charge >= 0.3 is 0 Å². The zero-order valence-electron chi connectivity index (χ0n) is 28.6. The number of carbonyl (C=O) groups is 1. The van der Waals surface area contributed by atoms with E-state index in [4.69, 9.17) is 4.98 Å². The van der Waals surface area contributed by atoms with Crippen molar-refractivity contribution in [2.45, 2.75) is 127 Å². The minimum Gasteiger partial charge on any atom is -0.512 e. The van der Waals surface area contributed by atoms with Gasteiger partial charge in [0.1, 0.15) is 0 Å². The van der Waals surface area contributed by atoms with Crippen LogP contribution in [0.25, 0.3) is 22.2 Å². The van der Waals surface area contributed by atoms with Crippen molar-refractivity contribution in [3.8, 4) is 11.3 Å². The Hall–Kier alpha value is -2.29. The average Bonchev–Trinajstić information content (AvgIpc) is 2.91. The molecule has 2 aliphatic rings. The molecule has 3 nitrogen and oxygen atoms in total. The number of hydrogen-bond donors (Lipinski definition) is 1. The number of aliphatic hydroxyl groups is 1. The van der Waals surface area contributed by atoms with Crippen LogP contribution in [0.1, 0.15) is 124 Å². The number of nitrogens with zero attached hydrogens (tertiary/aromatic N) is 1. The van der Waals surface area contributed by atoms with Crippen LogP contribution in [0.3, 0.4) is 0 Å². The second-order valence-electron chi connectivity index (χ2n) is 16.0. The number of hydrogen-bond acceptors (Lipinski definition) is 3. The van der Waals surface area contributed by atoms with Crippen LogP contribution in [-0.2, 0) is 30.3 Å². The summed E-state index contributed by atoms with van der Waals surface area (Å²) in [5.74, 6) is 0.857. The molecule has 4 heteroatoms. The molecule has 1 heterocycles. The van der Waals surface area contributed by atoms with E-state index < -0.39 is 0 Å². The fourth-order valence-electron chi connectivity index (χ4n) is 6.54. The normalized spacial score (nSPS) is 18.6. The van der Waals surface area contributed by atoms with Gasteiger partial charge in [-0.05, 0) is 96.4 Å². The van der Waals surface area contributed by atoms with Crippen molar-refractivity contribution >= 4 is 16.7 Å². The fourth-order valence-corrected chi connectivity index (χ4v) is 6.54. The van der Waals surface area contributed by atoms with Crippen molar-refractivity contribution in [1.82, 2.24) is 4.98 Å². The van der Waals surface area contributed by atoms with E-state index in [9.17, 15) is 9.90 Å². The van der Waals surface area contributed by atoms with Crippen LogP contribution in [0.4, 0.5) is 0 Å². The summed E-state index contributed by atoms with van der Waals surface area (Å²) in [4.78, 5) is 17.2. The first kappa shape index (κ1) is 38.9. The standard InChI is InChI=1S/C21H22N.C19H32O2.CH4.Ir/c1-14-10-15(2)12-17(11-14)20-8-6-16-13-18(21(3,4)5)7-9-19(16)22-20;1-18(2)9-5-14(6-10-18)16(20)13-17(21)15-7-11-19(3,4)12-8-15;;/h6-11,13H,1-5H3;13-15,20H,5-12H2,1-4H3;1H4;/q-1;;;. The molecule has 0 spiro atoms. The fraction of sp³-hybridized carbons (Fsp3) is 0.561. The maximum Gasteiger partial charge on any atom is 0.162 e. The number of pyridine rings is 1. The Morgan fingerprint density at radius 3 is 1.96 bits per heavy atom. The molecule has 0 amide bonds. The zero-order valence-corrected chi connectivity index (χ0v) is 31.0. The second kappa shape index (κ2) is 15.5. The summed E-state index contributed by atoms with van der Waals surface area (Å²) in [5.41, 5.74) is 7.78. The van der Waals surface area contributed by atoms with E-state index in [0.717, 1.165) is 73.7 Å². The minimum absolute atomic E-state index is 0. The number of allylic oxidation sites excluding steroid dienone is 2. The molecule has 2 fully saturated rings. The van der Waals surface area contributed by atoms with Crippen molar-refractivity contribution in [3.05, 3.63) is 77.1 Å². The third kappa shape index (κ3) is 10.9. The smallest absolute Gasteiger partial charge is 0.162 e. The number of carbonyl (C=O) groups excluding carboxylic acids is 1. The first-order valence-corrected chi connectivity index (χ1v) is 16.4. The maximum atomic E-state index is 12.4. The van der Waals surface area contributed by atoms with E-state index in [1.807, 2.05) is 0 Å². The van der Waals surface area contributed by atoms with Gasteiger partial charge in [-0.1, -0.05) is 87.9 Å². The van der Waals surface area contributed by atoms with Gasteiger partial charge in [-0.2, -0.15) is 0 Å². The summed E-state index contributed by atoms with van der Waals surface area (Å²) in [6, 6.07) is 18.5. The molecule has 1 aromatic heterocycles. The molecule has 0 atom stereocenters. The Morgan fingerprint density at radius 2 is 1.42 bits per heavy atom. The monoisotopic (exact) mass is 789 g/mol. The largest absolute Gasteiger partial charge is 0.512 e. The van der Waals surface area contributed by atoms with Gasteiger partial charge < -0.3 is 5.11 Å². The molecule has 45 heavy (non-hydrogen) atoms. The summed E-state index contributed by atoms with van der Waals surface area (Å²) in [6.45, 7) is 20.0. The predicted octanol–water partition coefficient (Wildman–Crippen LogP) is 11.7. The molecule has 1 radical (unpaired) electrons. The summed E-state index contributed by atoms with van der Waals surface area (Å²) in [5, 5.41) is 11.5. The maximum absolute atomic E-state index is 12.4. The Kier molecular flexibility index (Phi) is 13.4. The molecule has 2 aliphatic carbocycles. The van der Waals surface area contributed by atoms with E-state index in [-0.39, 0.29) is 50.6 Å². The van der Waals surface area contributed by atoms with Crippen molar-refractivity contribution in [1.29, 1.82) is 0 Å². The molecular formula is C41H58IrNO2-. The van der Waals surface area contributed by atoms with Gasteiger partial charge in [0.05, 0.1) is 11.3 Å². The van der Waals surface area contributed by atoms with Crippen molar-refractivity contribution < 1.29 is 30.0 Å². The molecule has 0 saturated heterocycles. The topological polar surface area (TPSA) is 50.2 Å². The Labute approximate surface area is 288 Å². The van der Waals surface area contributed by atoms with Crippen LogP contribution >= 0.6 is 0 Å². The molecule has 2 saturated carbocycles. The van der Waals surface area contributed by atoms with Crippen LogP contribution in [0, 0.1) is 42.6 Å². The summed E-state index contributed by atoms with van der Waals surface area (Å²) in [7, 11) is 0. The van der Waals surface area contributed by atoms with Crippen LogP contribution in [-0.4, -0.2) is 15.9 Å². The van der Waals surface area contributed by atoms with Gasteiger partial charge in [-0.3, -0.25) is 9.78 Å². The van der Waals surface area contributed by atoms with E-state index >= 15 is 0 Å². The van der Waals surface area contributed by atoms with Gasteiger partial charge in [0.25, 0.3) is 0 Å². The number of benzene rings is 2. The molecule has 1 N–H and O–H groups in total. The molecule has 5 rings (SSSR count). The van der Waals surface area contributed by atoms with Gasteiger partial charge in [-0.25, -0.2) is 0 Å². The minimum atomic E-state index is 0. The quantitative estimate of drug-likeness (QED) is 0.163. The van der Waals surface area contributed by atoms with Gasteiger partial charge in [0, 0.05) is 38.0 Å². The average molecular weight is 789 g/mol. The number of aryl methyl sites for hydroxylation is 2. The number of aliphatic hydroxyl groups excluding tert-OH is 1. The third-order valence-corrected chi connectivity index (χ3v) is 9.77. The summed E-state index contributed by atoms with van der Waals surface area (Å²) < 4.78 is 0. The van der Waals surface area contributed by atoms with Crippen molar-refractivity contribution in [3.63, 3.8) is 0 Å². The number of fused-ring (bicyclic) bond motifs is 1. The molecule has 2 aromatic carbocycles. The molecule has 0 bridgehead atoms. The Morgan fingerprint density at radius 1 is 0.867 bits per heavy atom. The van der Waals surface area contributed by atoms with Gasteiger partial charge in [0.2, 0.25) is 0 Å². The SMILES string of the molecule is C.CC1(C)CCC(C(=O)C=C(O)C2CCC(C)(C)CC2)CC1.Cc1[c-]c(-c2ccc3cc(C(C)(C)C)ccc3n2)cc(C)c1.[Ir]. The van der Waals surface area contributed by atoms with Gasteiger partial charge in [0.15, 0.2) is 5.78 Å². The molecule has 0 unspecified atom stereocenters. The van der Waals surface area contributed by atoms with Crippen molar-refractivity contribution in [2.75, 3.05) is 0 Å². The van der Waals surface area contributed by atoms with Crippen molar-refractivity contribution in [2.24, 2.45) is 22.7 Å². The number of rotatable bonds is 4. The van der Waals surface area contributed by atoms with Crippen LogP contribution in [0.5, 0.6) is 0 Å². The van der Waals surface area contributed by atoms with E-state index in [1.54, 1.807) is 6.08 Å². The Balaban J connectivity index is 0.000000301. The van der Waals surface area contributed by atoms with Crippen LogP contribution < -0.4 is 0 Å². The van der Waals surface area contributed by atoms with Gasteiger partial charge in [-0.15, -0.1) is 34.9 Å². The number of aromatic nitrogens is 1. The predicted molar refractivity (Wildman–Crippen MR) is 188 cm³/mol. The zero-order chi connectivity index (χ0) is 31.6.